The van der Waals surface area contributed by atoms with Crippen LogP contribution in [0.15, 0.2) is 72.8 Å². The van der Waals surface area contributed by atoms with E-state index in [4.69, 9.17) is 0 Å². The Morgan fingerprint density at radius 1 is 0.606 bits per heavy atom. The molecule has 0 spiro atoms. The fourth-order valence-electron chi connectivity index (χ4n) is 3.99. The first-order valence-corrected chi connectivity index (χ1v) is 12.7. The summed E-state index contributed by atoms with van der Waals surface area (Å²) in [7, 11) is 0. The third-order valence-corrected chi connectivity index (χ3v) is 6.15. The van der Waals surface area contributed by atoms with E-state index < -0.39 is 0 Å². The van der Waals surface area contributed by atoms with Crippen LogP contribution in [-0.4, -0.2) is 0 Å². The maximum atomic E-state index is 3.30. The number of allylic oxidation sites excluding steroid dienone is 1. The van der Waals surface area contributed by atoms with Gasteiger partial charge >= 0.3 is 0 Å². The molecule has 0 aliphatic carbocycles. The van der Waals surface area contributed by atoms with Crippen molar-refractivity contribution >= 4 is 11.6 Å². The van der Waals surface area contributed by atoms with Crippen LogP contribution in [0, 0.1) is 11.8 Å². The van der Waals surface area contributed by atoms with Crippen molar-refractivity contribution < 1.29 is 0 Å². The molecule has 0 aliphatic rings. The van der Waals surface area contributed by atoms with Gasteiger partial charge in [0, 0.05) is 11.1 Å². The van der Waals surface area contributed by atoms with Gasteiger partial charge in [0.1, 0.15) is 0 Å². The van der Waals surface area contributed by atoms with Crippen molar-refractivity contribution in [1.29, 1.82) is 0 Å². The van der Waals surface area contributed by atoms with Crippen molar-refractivity contribution in [2.24, 2.45) is 0 Å². The molecule has 0 aromatic heterocycles. The maximum Gasteiger partial charge on any atom is 0.0249 e. The molecule has 3 aromatic carbocycles. The zero-order chi connectivity index (χ0) is 23.3. The van der Waals surface area contributed by atoms with Crippen LogP contribution in [0.25, 0.3) is 11.6 Å². The third kappa shape index (κ3) is 8.43. The van der Waals surface area contributed by atoms with Gasteiger partial charge in [-0.2, -0.15) is 0 Å². The molecular weight excluding hydrogens is 396 g/mol. The fourth-order valence-corrected chi connectivity index (χ4v) is 3.99. The van der Waals surface area contributed by atoms with E-state index in [9.17, 15) is 0 Å². The van der Waals surface area contributed by atoms with E-state index in [0.717, 1.165) is 11.1 Å². The molecule has 3 aromatic rings. The van der Waals surface area contributed by atoms with Crippen LogP contribution in [0.1, 0.15) is 92.7 Å². The lowest BCUT2D eigenvalue weighted by Gasteiger charge is -2.05. The monoisotopic (exact) mass is 434 g/mol. The van der Waals surface area contributed by atoms with Crippen LogP contribution in [0.3, 0.4) is 0 Å². The van der Waals surface area contributed by atoms with Gasteiger partial charge in [-0.05, 0) is 84.7 Å². The highest BCUT2D eigenvalue weighted by atomic mass is 14.0. The Morgan fingerprint density at radius 2 is 1.06 bits per heavy atom. The molecular formula is C33H38. The van der Waals surface area contributed by atoms with Gasteiger partial charge in [0.05, 0.1) is 0 Å². The first kappa shape index (κ1) is 24.6. The summed E-state index contributed by atoms with van der Waals surface area (Å²) in [6.07, 6.45) is 12.3. The lowest BCUT2D eigenvalue weighted by atomic mass is 10.0. The molecule has 0 bridgehead atoms. The number of aryl methyl sites for hydroxylation is 2. The fraction of sp³-hybridized carbons (Fsp3) is 0.333. The second-order valence-corrected chi connectivity index (χ2v) is 9.01. The van der Waals surface area contributed by atoms with E-state index in [2.05, 4.69) is 111 Å². The van der Waals surface area contributed by atoms with Crippen LogP contribution in [0.4, 0.5) is 0 Å². The lowest BCUT2D eigenvalue weighted by molar-refractivity contribution is 0.717. The highest BCUT2D eigenvalue weighted by Gasteiger charge is 1.99. The zero-order valence-corrected chi connectivity index (χ0v) is 20.7. The van der Waals surface area contributed by atoms with E-state index in [1.807, 2.05) is 0 Å². The van der Waals surface area contributed by atoms with Crippen LogP contribution >= 0.6 is 0 Å². The molecule has 0 saturated carbocycles. The summed E-state index contributed by atoms with van der Waals surface area (Å²) in [4.78, 5) is 0. The summed E-state index contributed by atoms with van der Waals surface area (Å²) >= 11 is 0. The summed E-state index contributed by atoms with van der Waals surface area (Å²) in [5, 5.41) is 0. The largest absolute Gasteiger partial charge is 0.0654 e. The quantitative estimate of drug-likeness (QED) is 0.169. The van der Waals surface area contributed by atoms with Gasteiger partial charge in [-0.1, -0.05) is 106 Å². The van der Waals surface area contributed by atoms with Crippen LogP contribution in [0.5, 0.6) is 0 Å². The molecule has 0 radical (unpaired) electrons. The molecule has 0 unspecified atom stereocenters. The topological polar surface area (TPSA) is 0 Å². The van der Waals surface area contributed by atoms with Gasteiger partial charge in [-0.3, -0.25) is 0 Å². The van der Waals surface area contributed by atoms with Gasteiger partial charge in [0.2, 0.25) is 0 Å². The molecule has 0 aliphatic heterocycles. The van der Waals surface area contributed by atoms with Gasteiger partial charge in [0.25, 0.3) is 0 Å². The number of unbranched alkanes of at least 4 members (excludes halogenated alkanes) is 4. The molecule has 0 nitrogen and oxygen atoms in total. The highest BCUT2D eigenvalue weighted by molar-refractivity contribution is 5.80. The predicted molar refractivity (Wildman–Crippen MR) is 145 cm³/mol. The molecule has 0 heterocycles. The summed E-state index contributed by atoms with van der Waals surface area (Å²) in [5.41, 5.74) is 8.76. The molecule has 0 saturated heterocycles. The summed E-state index contributed by atoms with van der Waals surface area (Å²) in [6.45, 7) is 6.69. The Kier molecular flexibility index (Phi) is 10.1. The van der Waals surface area contributed by atoms with Crippen LogP contribution in [0.2, 0.25) is 0 Å². The molecule has 0 amide bonds. The zero-order valence-electron chi connectivity index (χ0n) is 20.7. The number of rotatable bonds is 10. The molecule has 0 atom stereocenters. The Labute approximate surface area is 201 Å². The van der Waals surface area contributed by atoms with Crippen LogP contribution in [-0.2, 0) is 12.8 Å². The molecule has 170 valence electrons. The predicted octanol–water partition coefficient (Wildman–Crippen LogP) is 9.11. The average molecular weight is 435 g/mol. The summed E-state index contributed by atoms with van der Waals surface area (Å²) < 4.78 is 0. The van der Waals surface area contributed by atoms with Crippen molar-refractivity contribution in [3.8, 4) is 11.8 Å². The second kappa shape index (κ2) is 13.5. The van der Waals surface area contributed by atoms with Gasteiger partial charge in [0.15, 0.2) is 0 Å². The molecule has 33 heavy (non-hydrogen) atoms. The van der Waals surface area contributed by atoms with E-state index in [1.165, 1.54) is 79.2 Å². The molecule has 0 heteroatoms. The van der Waals surface area contributed by atoms with Gasteiger partial charge in [-0.15, -0.1) is 0 Å². The van der Waals surface area contributed by atoms with Crippen molar-refractivity contribution in [2.45, 2.75) is 72.1 Å². The van der Waals surface area contributed by atoms with Crippen molar-refractivity contribution in [2.75, 3.05) is 0 Å². The Bertz CT molecular complexity index is 1050. The Morgan fingerprint density at radius 3 is 1.55 bits per heavy atom. The number of hydrogen-bond acceptors (Lipinski definition) is 0. The normalized spacial score (nSPS) is 11.2. The van der Waals surface area contributed by atoms with Crippen molar-refractivity contribution in [3.05, 3.63) is 106 Å². The highest BCUT2D eigenvalue weighted by Crippen LogP contribution is 2.19. The van der Waals surface area contributed by atoms with Crippen LogP contribution < -0.4 is 0 Å². The summed E-state index contributed by atoms with van der Waals surface area (Å²) in [6, 6.07) is 26.3. The van der Waals surface area contributed by atoms with E-state index in [1.54, 1.807) is 0 Å². The number of hydrogen-bond donors (Lipinski definition) is 0. The first-order valence-electron chi connectivity index (χ1n) is 12.7. The van der Waals surface area contributed by atoms with Gasteiger partial charge < -0.3 is 0 Å². The minimum Gasteiger partial charge on any atom is -0.0654 e. The minimum atomic E-state index is 1.05. The summed E-state index contributed by atoms with van der Waals surface area (Å²) in [5.74, 6) is 6.60. The number of benzene rings is 3. The third-order valence-electron chi connectivity index (χ3n) is 6.15. The van der Waals surface area contributed by atoms with E-state index in [0.29, 0.717) is 0 Å². The molecule has 0 fully saturated rings. The Balaban J connectivity index is 1.58. The van der Waals surface area contributed by atoms with Gasteiger partial charge in [-0.25, -0.2) is 0 Å². The first-order chi connectivity index (χ1) is 16.2. The van der Waals surface area contributed by atoms with E-state index >= 15 is 0 Å². The molecule has 0 N–H and O–H groups in total. The smallest absolute Gasteiger partial charge is 0.0249 e. The molecule has 3 rings (SSSR count). The van der Waals surface area contributed by atoms with Crippen molar-refractivity contribution in [1.82, 2.24) is 0 Å². The lowest BCUT2D eigenvalue weighted by Crippen LogP contribution is -1.87. The standard InChI is InChI=1S/C33H38/c1-4-6-8-10-28-12-14-30(15-13-28)16-17-31-18-20-32(21-19-31)26-27(3)33-24-22-29(23-25-33)11-9-7-5-2/h12-15,18-26H,4-11H2,1-3H3. The maximum absolute atomic E-state index is 3.30. The Hall–Kier alpha value is -3.04. The second-order valence-electron chi connectivity index (χ2n) is 9.01. The van der Waals surface area contributed by atoms with Crippen molar-refractivity contribution in [3.63, 3.8) is 0 Å². The minimum absolute atomic E-state index is 1.05. The SMILES string of the molecule is CCCCCc1ccc(C#Cc2ccc(C=C(C)c3ccc(CCCCC)cc3)cc2)cc1. The van der Waals surface area contributed by atoms with E-state index in [-0.39, 0.29) is 0 Å². The average Bonchev–Trinajstić information content (AvgIpc) is 2.85.